The summed E-state index contributed by atoms with van der Waals surface area (Å²) in [6, 6.07) is 0. The predicted molar refractivity (Wildman–Crippen MR) is 27.4 cm³/mol. The molecule has 1 radical (unpaired) electrons. The fourth-order valence-electron chi connectivity index (χ4n) is 0.357. The molecule has 1 aliphatic rings. The van der Waals surface area contributed by atoms with Crippen molar-refractivity contribution in [3.8, 4) is 0 Å². The summed E-state index contributed by atoms with van der Waals surface area (Å²) in [5, 5.41) is 0. The Hall–Kier alpha value is -0.630. The molecule has 2 heteroatoms. The van der Waals surface area contributed by atoms with E-state index in [2.05, 4.69) is 11.2 Å². The average Bonchev–Trinajstić information content (AvgIpc) is 1.90. The van der Waals surface area contributed by atoms with Crippen molar-refractivity contribution < 1.29 is 4.74 Å². The average molecular weight is 96.1 g/mol. The van der Waals surface area contributed by atoms with E-state index in [0.29, 0.717) is 13.3 Å². The van der Waals surface area contributed by atoms with E-state index in [0.717, 1.165) is 0 Å². The first-order chi connectivity index (χ1) is 3.50. The highest BCUT2D eigenvalue weighted by Crippen LogP contribution is 1.81. The van der Waals surface area contributed by atoms with Gasteiger partial charge in [0.25, 0.3) is 0 Å². The van der Waals surface area contributed by atoms with Gasteiger partial charge in [-0.25, -0.2) is 0 Å². The van der Waals surface area contributed by atoms with Crippen LogP contribution >= 0.6 is 0 Å². The lowest BCUT2D eigenvalue weighted by Gasteiger charge is -1.87. The molecule has 0 aromatic carbocycles. The first-order valence-electron chi connectivity index (χ1n) is 2.15. The van der Waals surface area contributed by atoms with Gasteiger partial charge in [0, 0.05) is 0 Å². The second-order valence-electron chi connectivity index (χ2n) is 1.19. The maximum atomic E-state index is 4.88. The molecule has 0 fully saturated rings. The number of hydrogen-bond acceptors (Lipinski definition) is 2. The fraction of sp³-hybridized carbons (Fsp3) is 0.400. The zero-order valence-electron chi connectivity index (χ0n) is 3.92. The number of hydrogen-bond donors (Lipinski definition) is 0. The van der Waals surface area contributed by atoms with Gasteiger partial charge in [0.2, 0.25) is 0 Å². The molecule has 1 rings (SSSR count). The molecule has 0 N–H and O–H groups in total. The number of allylic oxidation sites excluding steroid dienone is 1. The molecule has 37 valence electrons. The normalized spacial score (nSPS) is 19.4. The molecule has 0 aliphatic carbocycles. The van der Waals surface area contributed by atoms with E-state index >= 15 is 0 Å². The van der Waals surface area contributed by atoms with Gasteiger partial charge < -0.3 is 4.74 Å². The van der Waals surface area contributed by atoms with Crippen LogP contribution in [0.1, 0.15) is 0 Å². The summed E-state index contributed by atoms with van der Waals surface area (Å²) in [6.07, 6.45) is 6.30. The quantitative estimate of drug-likeness (QED) is 0.429. The lowest BCUT2D eigenvalue weighted by atomic mass is 10.5. The van der Waals surface area contributed by atoms with E-state index < -0.39 is 0 Å². The van der Waals surface area contributed by atoms with Crippen LogP contribution in [0.4, 0.5) is 0 Å². The molecule has 1 aliphatic heterocycles. The third-order valence-electron chi connectivity index (χ3n) is 0.654. The summed E-state index contributed by atoms with van der Waals surface area (Å²) in [5.41, 5.74) is 0. The van der Waals surface area contributed by atoms with E-state index in [4.69, 9.17) is 4.74 Å². The zero-order chi connectivity index (χ0) is 4.95. The molecule has 7 heavy (non-hydrogen) atoms. The second kappa shape index (κ2) is 2.53. The van der Waals surface area contributed by atoms with Crippen molar-refractivity contribution in [3.63, 3.8) is 0 Å². The van der Waals surface area contributed by atoms with Crippen LogP contribution in [-0.2, 0) is 4.74 Å². The number of rotatable bonds is 0. The highest BCUT2D eigenvalue weighted by atomic mass is 16.5. The van der Waals surface area contributed by atoms with Crippen LogP contribution in [0.15, 0.2) is 17.1 Å². The molecular formula is C5H6NO. The molecule has 0 atom stereocenters. The van der Waals surface area contributed by atoms with Crippen LogP contribution < -0.4 is 0 Å². The van der Waals surface area contributed by atoms with Crippen molar-refractivity contribution in [2.45, 2.75) is 0 Å². The van der Waals surface area contributed by atoms with Gasteiger partial charge in [0.05, 0.1) is 12.8 Å². The molecule has 0 spiro atoms. The topological polar surface area (TPSA) is 21.6 Å². The second-order valence-corrected chi connectivity index (χ2v) is 1.19. The van der Waals surface area contributed by atoms with Crippen LogP contribution in [0, 0.1) is 0 Å². The molecule has 1 heterocycles. The number of aliphatic imine (C=N–C) groups is 1. The predicted octanol–water partition coefficient (Wildman–Crippen LogP) is 0.478. The number of ether oxygens (including phenoxy) is 1. The monoisotopic (exact) mass is 96.0 g/mol. The zero-order valence-corrected chi connectivity index (χ0v) is 3.92. The molecule has 0 bridgehead atoms. The fourth-order valence-corrected chi connectivity index (χ4v) is 0.357. The lowest BCUT2D eigenvalue weighted by Crippen LogP contribution is -1.86. The van der Waals surface area contributed by atoms with Gasteiger partial charge in [-0.1, -0.05) is 6.08 Å². The summed E-state index contributed by atoms with van der Waals surface area (Å²) >= 11 is 0. The first-order valence-corrected chi connectivity index (χ1v) is 2.15. The minimum atomic E-state index is 0.451. The summed E-state index contributed by atoms with van der Waals surface area (Å²) in [7, 11) is 0. The highest BCUT2D eigenvalue weighted by molar-refractivity contribution is 5.70. The maximum absolute atomic E-state index is 4.88. The van der Waals surface area contributed by atoms with E-state index in [1.54, 1.807) is 6.08 Å². The highest BCUT2D eigenvalue weighted by Gasteiger charge is 1.80. The molecule has 0 amide bonds. The van der Waals surface area contributed by atoms with Gasteiger partial charge in [-0.05, 0) is 6.08 Å². The van der Waals surface area contributed by atoms with Gasteiger partial charge in [-0.15, -0.1) is 0 Å². The van der Waals surface area contributed by atoms with Crippen molar-refractivity contribution in [2.24, 2.45) is 4.99 Å². The Kier molecular flexibility index (Phi) is 1.63. The van der Waals surface area contributed by atoms with Crippen LogP contribution in [0.25, 0.3) is 0 Å². The van der Waals surface area contributed by atoms with Crippen molar-refractivity contribution in [1.29, 1.82) is 0 Å². The van der Waals surface area contributed by atoms with Gasteiger partial charge in [0.15, 0.2) is 0 Å². The molecule has 0 saturated carbocycles. The summed E-state index contributed by atoms with van der Waals surface area (Å²) in [6.45, 7) is 1.11. The Morgan fingerprint density at radius 2 is 2.71 bits per heavy atom. The third-order valence-corrected chi connectivity index (χ3v) is 0.654. The van der Waals surface area contributed by atoms with Gasteiger partial charge in [0.1, 0.15) is 6.73 Å². The van der Waals surface area contributed by atoms with Crippen molar-refractivity contribution in [1.82, 2.24) is 0 Å². The Balaban J connectivity index is 2.39. The summed E-state index contributed by atoms with van der Waals surface area (Å²) < 4.78 is 4.88. The van der Waals surface area contributed by atoms with Crippen LogP contribution in [-0.4, -0.2) is 19.6 Å². The van der Waals surface area contributed by atoms with Gasteiger partial charge >= 0.3 is 0 Å². The molecule has 0 aromatic heterocycles. The SMILES string of the molecule is [C]1=NCOCC=C1. The summed E-state index contributed by atoms with van der Waals surface area (Å²) in [4.78, 5) is 3.71. The maximum Gasteiger partial charge on any atom is 0.138 e. The third kappa shape index (κ3) is 1.50. The van der Waals surface area contributed by atoms with Gasteiger partial charge in [-0.3, -0.25) is 4.99 Å². The van der Waals surface area contributed by atoms with Gasteiger partial charge in [-0.2, -0.15) is 0 Å². The lowest BCUT2D eigenvalue weighted by molar-refractivity contribution is 0.173. The molecular weight excluding hydrogens is 90.1 g/mol. The van der Waals surface area contributed by atoms with E-state index in [1.807, 2.05) is 6.08 Å². The molecule has 0 saturated heterocycles. The standard InChI is InChI=1S/C5H6NO/c1-2-4-7-5-6-3-1/h1-2H,4-5H2. The molecule has 0 unspecified atom stereocenters. The van der Waals surface area contributed by atoms with Crippen molar-refractivity contribution >= 4 is 6.21 Å². The Bertz CT molecular complexity index is 84.3. The van der Waals surface area contributed by atoms with Crippen LogP contribution in [0.2, 0.25) is 0 Å². The van der Waals surface area contributed by atoms with E-state index in [1.165, 1.54) is 0 Å². The summed E-state index contributed by atoms with van der Waals surface area (Å²) in [5.74, 6) is 0. The first kappa shape index (κ1) is 4.53. The Morgan fingerprint density at radius 3 is 3.71 bits per heavy atom. The largest absolute Gasteiger partial charge is 0.355 e. The Labute approximate surface area is 42.5 Å². The van der Waals surface area contributed by atoms with Crippen LogP contribution in [0.3, 0.4) is 0 Å². The Morgan fingerprint density at radius 1 is 1.71 bits per heavy atom. The molecule has 0 aromatic rings. The molecule has 2 nitrogen and oxygen atoms in total. The number of nitrogens with zero attached hydrogens (tertiary/aromatic N) is 1. The van der Waals surface area contributed by atoms with E-state index in [-0.39, 0.29) is 0 Å². The minimum absolute atomic E-state index is 0.451. The van der Waals surface area contributed by atoms with Crippen molar-refractivity contribution in [2.75, 3.05) is 13.3 Å². The minimum Gasteiger partial charge on any atom is -0.355 e. The van der Waals surface area contributed by atoms with Crippen LogP contribution in [0.5, 0.6) is 0 Å². The van der Waals surface area contributed by atoms with Crippen molar-refractivity contribution in [3.05, 3.63) is 12.2 Å². The van der Waals surface area contributed by atoms with E-state index in [9.17, 15) is 0 Å². The smallest absolute Gasteiger partial charge is 0.138 e.